The number of benzene rings is 9. The van der Waals surface area contributed by atoms with Crippen molar-refractivity contribution in [2.45, 2.75) is 98.3 Å². The van der Waals surface area contributed by atoms with Gasteiger partial charge in [-0.3, -0.25) is 0 Å². The van der Waals surface area contributed by atoms with E-state index in [-0.39, 0.29) is 17.5 Å². The largest absolute Gasteiger partial charge is 0.311 e. The average molecular weight is 987 g/mol. The van der Waals surface area contributed by atoms with E-state index in [9.17, 15) is 0 Å². The van der Waals surface area contributed by atoms with Gasteiger partial charge in [0.15, 0.2) is 0 Å². The van der Waals surface area contributed by atoms with E-state index in [0.717, 1.165) is 0 Å². The zero-order valence-corrected chi connectivity index (χ0v) is 46.0. The molecule has 9 aromatic carbocycles. The van der Waals surface area contributed by atoms with Crippen molar-refractivity contribution < 1.29 is 0 Å². The molecule has 75 heavy (non-hydrogen) atoms. The van der Waals surface area contributed by atoms with Crippen LogP contribution in [-0.2, 0) is 16.2 Å². The number of aryl methyl sites for hydroxylation is 3. The number of anilines is 6. The van der Waals surface area contributed by atoms with Gasteiger partial charge in [-0.15, -0.1) is 11.3 Å². The summed E-state index contributed by atoms with van der Waals surface area (Å²) in [5.41, 5.74) is 31.0. The molecule has 0 bridgehead atoms. The first-order valence-corrected chi connectivity index (χ1v) is 28.0. The number of thiophene rings is 1. The molecule has 2 nitrogen and oxygen atoms in total. The van der Waals surface area contributed by atoms with Crippen LogP contribution < -0.4 is 25.5 Å². The number of nitrogens with zero attached hydrogens (tertiary/aromatic N) is 2. The zero-order valence-electron chi connectivity index (χ0n) is 45.2. The molecule has 0 N–H and O–H groups in total. The van der Waals surface area contributed by atoms with Crippen LogP contribution in [0.1, 0.15) is 117 Å². The lowest BCUT2D eigenvalue weighted by molar-refractivity contribution is 0.588. The summed E-state index contributed by atoms with van der Waals surface area (Å²) < 4.78 is 2.72. The summed E-state index contributed by atoms with van der Waals surface area (Å²) in [5.74, 6) is 0.438. The van der Waals surface area contributed by atoms with Gasteiger partial charge in [0.25, 0.3) is 6.71 Å². The van der Waals surface area contributed by atoms with Crippen molar-refractivity contribution >= 4 is 78.0 Å². The van der Waals surface area contributed by atoms with Crippen LogP contribution in [0.25, 0.3) is 43.5 Å². The van der Waals surface area contributed by atoms with Gasteiger partial charge < -0.3 is 9.80 Å². The zero-order chi connectivity index (χ0) is 51.6. The van der Waals surface area contributed by atoms with Gasteiger partial charge in [0, 0.05) is 43.3 Å². The summed E-state index contributed by atoms with van der Waals surface area (Å²) in [6.07, 6.45) is 0. The maximum absolute atomic E-state index is 2.65. The first-order valence-electron chi connectivity index (χ1n) is 27.1. The third-order valence-electron chi connectivity index (χ3n) is 17.5. The third-order valence-corrected chi connectivity index (χ3v) is 18.7. The quantitative estimate of drug-likeness (QED) is 0.162. The van der Waals surface area contributed by atoms with Crippen LogP contribution >= 0.6 is 11.3 Å². The fourth-order valence-corrected chi connectivity index (χ4v) is 15.1. The minimum Gasteiger partial charge on any atom is -0.311 e. The Morgan fingerprint density at radius 3 is 1.71 bits per heavy atom. The SMILES string of the molecule is Cc1cc2c3c(c1)N(c1ccc(C(C)(C)C)cc1)c1c(sc4cc5c(cc14)-c1ccc(C(C)(C)C)cc1C51c4ccccc4-c4ccccc41)B3c1ccc(-c3c(C)cccc3C)cc1N2c1ccc(C(C)C)cc1. The molecule has 1 spiro atoms. The molecule has 366 valence electrons. The lowest BCUT2D eigenvalue weighted by Crippen LogP contribution is -2.60. The van der Waals surface area contributed by atoms with Crippen molar-refractivity contribution in [2.24, 2.45) is 0 Å². The lowest BCUT2D eigenvalue weighted by atomic mass is 9.36. The standard InChI is InChI=1S/C71H63BN2S/c1-41(2)45-23-29-49(30-24-45)73-61-37-46(65-43(4)17-16-18-44(65)5)25-34-60(61)72-66-62(73)35-42(3)36-63(66)74(50-31-26-47(27-32-50)69(6,7)8)67-55-39-54-53-33-28-48(70(9,10)11)38-58(53)71(59(54)40-64(55)75-68(67)72)56-21-14-12-19-51(56)52-20-13-15-22-57(52)71/h12-41H,1-11H3. The van der Waals surface area contributed by atoms with Gasteiger partial charge in [0.2, 0.25) is 0 Å². The molecule has 0 fully saturated rings. The maximum Gasteiger partial charge on any atom is 0.264 e. The predicted octanol–water partition coefficient (Wildman–Crippen LogP) is 17.6. The molecule has 0 saturated carbocycles. The Morgan fingerprint density at radius 2 is 1.07 bits per heavy atom. The Kier molecular flexibility index (Phi) is 9.88. The van der Waals surface area contributed by atoms with E-state index >= 15 is 0 Å². The third kappa shape index (κ3) is 6.51. The molecule has 4 heteroatoms. The van der Waals surface area contributed by atoms with Gasteiger partial charge in [-0.25, -0.2) is 0 Å². The molecule has 2 aliphatic carbocycles. The maximum atomic E-state index is 2.65. The highest BCUT2D eigenvalue weighted by molar-refractivity contribution is 7.33. The average Bonchev–Trinajstić information content (AvgIpc) is 4.19. The Bertz CT molecular complexity index is 3980. The second-order valence-corrected chi connectivity index (χ2v) is 25.5. The Morgan fingerprint density at radius 1 is 0.493 bits per heavy atom. The summed E-state index contributed by atoms with van der Waals surface area (Å²) in [6.45, 7) is 25.4. The van der Waals surface area contributed by atoms with Gasteiger partial charge in [0.05, 0.1) is 11.1 Å². The van der Waals surface area contributed by atoms with Crippen LogP contribution in [0, 0.1) is 20.8 Å². The van der Waals surface area contributed by atoms with Crippen LogP contribution in [0.2, 0.25) is 0 Å². The molecule has 0 saturated heterocycles. The summed E-state index contributed by atoms with van der Waals surface area (Å²) >= 11 is 2.02. The molecule has 0 unspecified atom stereocenters. The molecular formula is C71H63BN2S. The van der Waals surface area contributed by atoms with Crippen LogP contribution in [0.3, 0.4) is 0 Å². The van der Waals surface area contributed by atoms with Crippen LogP contribution in [-0.4, -0.2) is 6.71 Å². The molecule has 0 radical (unpaired) electrons. The van der Waals surface area contributed by atoms with E-state index in [1.807, 2.05) is 11.3 Å². The first-order chi connectivity index (χ1) is 36.0. The number of rotatable bonds is 4. The number of fused-ring (bicyclic) bond motifs is 16. The predicted molar refractivity (Wildman–Crippen MR) is 323 cm³/mol. The van der Waals surface area contributed by atoms with E-state index in [1.54, 1.807) is 0 Å². The molecule has 10 aromatic rings. The number of hydrogen-bond acceptors (Lipinski definition) is 3. The highest BCUT2D eigenvalue weighted by Crippen LogP contribution is 2.64. The highest BCUT2D eigenvalue weighted by Gasteiger charge is 2.53. The molecule has 2 aliphatic heterocycles. The lowest BCUT2D eigenvalue weighted by Gasteiger charge is -2.43. The Labute approximate surface area is 448 Å². The molecular weight excluding hydrogens is 924 g/mol. The van der Waals surface area contributed by atoms with Gasteiger partial charge in [-0.1, -0.05) is 177 Å². The summed E-state index contributed by atoms with van der Waals surface area (Å²) in [6, 6.07) is 69.1. The van der Waals surface area contributed by atoms with Crippen molar-refractivity contribution in [3.05, 3.63) is 232 Å². The van der Waals surface area contributed by atoms with Crippen molar-refractivity contribution in [3.63, 3.8) is 0 Å². The van der Waals surface area contributed by atoms with E-state index in [0.29, 0.717) is 5.92 Å². The van der Waals surface area contributed by atoms with Crippen molar-refractivity contribution in [1.82, 2.24) is 0 Å². The Hall–Kier alpha value is -7.40. The van der Waals surface area contributed by atoms with Crippen molar-refractivity contribution in [1.29, 1.82) is 0 Å². The minimum atomic E-state index is -0.458. The summed E-state index contributed by atoms with van der Waals surface area (Å²) in [4.78, 5) is 5.24. The molecule has 4 aliphatic rings. The van der Waals surface area contributed by atoms with E-state index in [4.69, 9.17) is 0 Å². The van der Waals surface area contributed by atoms with E-state index < -0.39 is 5.41 Å². The van der Waals surface area contributed by atoms with Crippen LogP contribution in [0.5, 0.6) is 0 Å². The summed E-state index contributed by atoms with van der Waals surface area (Å²) in [5, 5.41) is 1.31. The topological polar surface area (TPSA) is 6.48 Å². The minimum absolute atomic E-state index is 0.000309. The fraction of sp³-hybridized carbons (Fsp3) is 0.211. The van der Waals surface area contributed by atoms with Crippen molar-refractivity contribution in [2.75, 3.05) is 9.80 Å². The van der Waals surface area contributed by atoms with Gasteiger partial charge in [-0.2, -0.15) is 0 Å². The summed E-state index contributed by atoms with van der Waals surface area (Å²) in [7, 11) is 0. The van der Waals surface area contributed by atoms with Gasteiger partial charge in [-0.05, 0) is 192 Å². The Balaban J connectivity index is 1.09. The monoisotopic (exact) mass is 986 g/mol. The highest BCUT2D eigenvalue weighted by atomic mass is 32.1. The fourth-order valence-electron chi connectivity index (χ4n) is 13.8. The van der Waals surface area contributed by atoms with Crippen LogP contribution in [0.4, 0.5) is 34.1 Å². The molecule has 14 rings (SSSR count). The second kappa shape index (κ2) is 16.1. The van der Waals surface area contributed by atoms with Crippen LogP contribution in [0.15, 0.2) is 176 Å². The van der Waals surface area contributed by atoms with Gasteiger partial charge >= 0.3 is 0 Å². The molecule has 0 atom stereocenters. The molecule has 1 aromatic heterocycles. The first kappa shape index (κ1) is 46.2. The normalized spacial score (nSPS) is 14.5. The second-order valence-electron chi connectivity index (χ2n) is 24.5. The molecule has 3 heterocycles. The number of hydrogen-bond donors (Lipinski definition) is 0. The van der Waals surface area contributed by atoms with Gasteiger partial charge in [0.1, 0.15) is 0 Å². The molecule has 0 amide bonds. The van der Waals surface area contributed by atoms with E-state index in [1.165, 1.54) is 149 Å². The van der Waals surface area contributed by atoms with Crippen molar-refractivity contribution in [3.8, 4) is 33.4 Å². The smallest absolute Gasteiger partial charge is 0.264 e. The van der Waals surface area contributed by atoms with E-state index in [2.05, 4.69) is 262 Å².